The smallest absolute Gasteiger partial charge is 0.333 e. The molecule has 3 rings (SSSR count). The van der Waals surface area contributed by atoms with Crippen LogP contribution in [0.15, 0.2) is 54.7 Å². The van der Waals surface area contributed by atoms with E-state index >= 15 is 0 Å². The fraction of sp³-hybridized carbons (Fsp3) is 0.111. The van der Waals surface area contributed by atoms with Crippen molar-refractivity contribution in [1.82, 2.24) is 9.78 Å². The van der Waals surface area contributed by atoms with Crippen molar-refractivity contribution in [3.05, 3.63) is 70.5 Å². The number of anilines is 1. The second kappa shape index (κ2) is 8.33. The van der Waals surface area contributed by atoms with Gasteiger partial charge in [-0.3, -0.25) is 14.9 Å². The van der Waals surface area contributed by atoms with Gasteiger partial charge >= 0.3 is 6.55 Å². The number of non-ortho nitro benzene ring substituents is 1. The monoisotopic (exact) mass is 404 g/mol. The van der Waals surface area contributed by atoms with Crippen LogP contribution in [0.4, 0.5) is 20.2 Å². The van der Waals surface area contributed by atoms with Gasteiger partial charge in [0, 0.05) is 18.3 Å². The Labute approximate surface area is 162 Å². The number of methoxy groups -OCH3 is 1. The van der Waals surface area contributed by atoms with Crippen molar-refractivity contribution in [2.45, 2.75) is 6.55 Å². The SMILES string of the molecule is COc1ccc(Oc2cc(NC(=O)c3ccn(C(F)F)n3)cc([N+](=O)[O-])c2)cc1. The molecule has 9 nitrogen and oxygen atoms in total. The number of amides is 1. The highest BCUT2D eigenvalue weighted by Crippen LogP contribution is 2.30. The van der Waals surface area contributed by atoms with Crippen LogP contribution in [0.2, 0.25) is 0 Å². The number of aromatic nitrogens is 2. The Morgan fingerprint density at radius 3 is 2.41 bits per heavy atom. The van der Waals surface area contributed by atoms with E-state index in [0.29, 0.717) is 16.2 Å². The lowest BCUT2D eigenvalue weighted by atomic mass is 10.2. The van der Waals surface area contributed by atoms with Crippen LogP contribution in [0.25, 0.3) is 0 Å². The van der Waals surface area contributed by atoms with Gasteiger partial charge in [-0.2, -0.15) is 13.9 Å². The molecule has 1 N–H and O–H groups in total. The number of nitrogens with one attached hydrogen (secondary N) is 1. The quantitative estimate of drug-likeness (QED) is 0.466. The van der Waals surface area contributed by atoms with Crippen LogP contribution in [0.5, 0.6) is 17.2 Å². The topological polar surface area (TPSA) is 109 Å². The highest BCUT2D eigenvalue weighted by Gasteiger charge is 2.17. The first-order chi connectivity index (χ1) is 13.9. The fourth-order valence-electron chi connectivity index (χ4n) is 2.36. The van der Waals surface area contributed by atoms with Gasteiger partial charge in [-0.1, -0.05) is 0 Å². The van der Waals surface area contributed by atoms with E-state index in [1.165, 1.54) is 19.2 Å². The van der Waals surface area contributed by atoms with E-state index in [1.54, 1.807) is 24.3 Å². The second-order valence-electron chi connectivity index (χ2n) is 5.66. The molecule has 0 aliphatic rings. The van der Waals surface area contributed by atoms with Crippen LogP contribution in [0.1, 0.15) is 17.0 Å². The van der Waals surface area contributed by atoms with Gasteiger partial charge in [-0.25, -0.2) is 4.68 Å². The van der Waals surface area contributed by atoms with Crippen LogP contribution >= 0.6 is 0 Å². The maximum Gasteiger partial charge on any atom is 0.333 e. The minimum Gasteiger partial charge on any atom is -0.497 e. The predicted octanol–water partition coefficient (Wildman–Crippen LogP) is 4.24. The molecule has 0 radical (unpaired) electrons. The molecule has 0 spiro atoms. The molecule has 3 aromatic rings. The lowest BCUT2D eigenvalue weighted by Gasteiger charge is -2.09. The summed E-state index contributed by atoms with van der Waals surface area (Å²) in [6.45, 7) is -2.89. The maximum absolute atomic E-state index is 12.6. The molecule has 0 saturated heterocycles. The normalized spacial score (nSPS) is 10.6. The van der Waals surface area contributed by atoms with E-state index in [9.17, 15) is 23.7 Å². The standard InChI is InChI=1S/C18H14F2N4O5/c1-28-13-2-4-14(5-3-13)29-15-9-11(8-12(10-15)24(26)27)21-17(25)16-6-7-23(22-16)18(19)20/h2-10,18H,1H3,(H,21,25). The molecule has 1 amide bonds. The summed E-state index contributed by atoms with van der Waals surface area (Å²) in [5.74, 6) is 0.282. The summed E-state index contributed by atoms with van der Waals surface area (Å²) in [7, 11) is 1.51. The summed E-state index contributed by atoms with van der Waals surface area (Å²) < 4.78 is 36.1. The van der Waals surface area contributed by atoms with E-state index in [2.05, 4.69) is 10.4 Å². The highest BCUT2D eigenvalue weighted by atomic mass is 19.3. The summed E-state index contributed by atoms with van der Waals surface area (Å²) in [6, 6.07) is 11.3. The molecule has 29 heavy (non-hydrogen) atoms. The van der Waals surface area contributed by atoms with Crippen LogP contribution in [-0.2, 0) is 0 Å². The molecule has 0 saturated carbocycles. The molecule has 0 unspecified atom stereocenters. The number of ether oxygens (including phenoxy) is 2. The Kier molecular flexibility index (Phi) is 5.67. The van der Waals surface area contributed by atoms with Crippen molar-refractivity contribution in [1.29, 1.82) is 0 Å². The summed E-state index contributed by atoms with van der Waals surface area (Å²) in [5, 5.41) is 17.0. The first-order valence-electron chi connectivity index (χ1n) is 8.12. The van der Waals surface area contributed by atoms with Gasteiger partial charge in [0.15, 0.2) is 5.69 Å². The number of hydrogen-bond acceptors (Lipinski definition) is 6. The van der Waals surface area contributed by atoms with Gasteiger partial charge in [0.25, 0.3) is 11.6 Å². The maximum atomic E-state index is 12.6. The molecule has 0 aliphatic heterocycles. The molecule has 0 bridgehead atoms. The minimum atomic E-state index is -2.89. The van der Waals surface area contributed by atoms with Crippen molar-refractivity contribution >= 4 is 17.3 Å². The van der Waals surface area contributed by atoms with Crippen LogP contribution in [0.3, 0.4) is 0 Å². The third-order valence-electron chi connectivity index (χ3n) is 3.70. The predicted molar refractivity (Wildman–Crippen MR) is 97.6 cm³/mol. The number of carbonyl (C=O) groups is 1. The van der Waals surface area contributed by atoms with Gasteiger partial charge in [0.2, 0.25) is 0 Å². The first kappa shape index (κ1) is 19.7. The number of nitro groups is 1. The first-order valence-corrected chi connectivity index (χ1v) is 8.12. The van der Waals surface area contributed by atoms with Crippen LogP contribution in [-0.4, -0.2) is 27.7 Å². The van der Waals surface area contributed by atoms with E-state index < -0.39 is 17.4 Å². The summed E-state index contributed by atoms with van der Waals surface area (Å²) in [6.07, 6.45) is 0.950. The van der Waals surface area contributed by atoms with Crippen LogP contribution in [0, 0.1) is 10.1 Å². The Bertz CT molecular complexity index is 1040. The van der Waals surface area contributed by atoms with Crippen molar-refractivity contribution in [2.75, 3.05) is 12.4 Å². The number of benzene rings is 2. The van der Waals surface area contributed by atoms with Crippen molar-refractivity contribution in [2.24, 2.45) is 0 Å². The zero-order chi connectivity index (χ0) is 21.0. The third kappa shape index (κ3) is 4.83. The number of alkyl halides is 2. The summed E-state index contributed by atoms with van der Waals surface area (Å²) in [4.78, 5) is 22.8. The summed E-state index contributed by atoms with van der Waals surface area (Å²) >= 11 is 0. The average molecular weight is 404 g/mol. The Hall–Kier alpha value is -4.02. The number of nitro benzene ring substituents is 1. The zero-order valence-corrected chi connectivity index (χ0v) is 14.9. The highest BCUT2D eigenvalue weighted by molar-refractivity contribution is 6.03. The molecular formula is C18H14F2N4O5. The van der Waals surface area contributed by atoms with Crippen LogP contribution < -0.4 is 14.8 Å². The van der Waals surface area contributed by atoms with E-state index in [0.717, 1.165) is 18.3 Å². The van der Waals surface area contributed by atoms with E-state index in [-0.39, 0.29) is 22.8 Å². The molecular weight excluding hydrogens is 390 g/mol. The van der Waals surface area contributed by atoms with E-state index in [4.69, 9.17) is 9.47 Å². The molecule has 1 heterocycles. The van der Waals surface area contributed by atoms with Crippen molar-refractivity contribution in [3.63, 3.8) is 0 Å². The number of nitrogens with zero attached hydrogens (tertiary/aromatic N) is 3. The van der Waals surface area contributed by atoms with E-state index in [1.807, 2.05) is 0 Å². The number of rotatable bonds is 7. The van der Waals surface area contributed by atoms with Crippen molar-refractivity contribution < 1.29 is 28.0 Å². The summed E-state index contributed by atoms with van der Waals surface area (Å²) in [5.41, 5.74) is -0.557. The molecule has 2 aromatic carbocycles. The van der Waals surface area contributed by atoms with Gasteiger partial charge < -0.3 is 14.8 Å². The minimum absolute atomic E-state index is 0.0410. The lowest BCUT2D eigenvalue weighted by molar-refractivity contribution is -0.384. The Morgan fingerprint density at radius 2 is 1.83 bits per heavy atom. The average Bonchev–Trinajstić information content (AvgIpc) is 3.19. The number of carbonyl (C=O) groups excluding carboxylic acids is 1. The zero-order valence-electron chi connectivity index (χ0n) is 14.9. The Morgan fingerprint density at radius 1 is 1.14 bits per heavy atom. The molecule has 11 heteroatoms. The third-order valence-corrected chi connectivity index (χ3v) is 3.70. The second-order valence-corrected chi connectivity index (χ2v) is 5.66. The van der Waals surface area contributed by atoms with Crippen molar-refractivity contribution in [3.8, 4) is 17.2 Å². The lowest BCUT2D eigenvalue weighted by Crippen LogP contribution is -2.13. The molecule has 150 valence electrons. The molecule has 0 aliphatic carbocycles. The van der Waals surface area contributed by atoms with Gasteiger partial charge in [0.05, 0.1) is 23.8 Å². The Balaban J connectivity index is 1.83. The molecule has 1 aromatic heterocycles. The van der Waals surface area contributed by atoms with Gasteiger partial charge in [0.1, 0.15) is 17.2 Å². The van der Waals surface area contributed by atoms with Gasteiger partial charge in [-0.05, 0) is 30.3 Å². The number of hydrogen-bond donors (Lipinski definition) is 1. The van der Waals surface area contributed by atoms with Gasteiger partial charge in [-0.15, -0.1) is 0 Å². The molecule has 0 fully saturated rings. The number of halogens is 2. The molecule has 0 atom stereocenters. The fourth-order valence-corrected chi connectivity index (χ4v) is 2.36. The largest absolute Gasteiger partial charge is 0.497 e.